The molecule has 0 radical (unpaired) electrons. The highest BCUT2D eigenvalue weighted by Gasteiger charge is 2.03. The molecule has 16 heavy (non-hydrogen) atoms. The first-order valence-corrected chi connectivity index (χ1v) is 6.53. The number of pyridine rings is 1. The molecule has 0 fully saturated rings. The summed E-state index contributed by atoms with van der Waals surface area (Å²) in [6.07, 6.45) is 1.58. The minimum atomic E-state index is 0.538. The van der Waals surface area contributed by atoms with E-state index in [0.717, 1.165) is 3.79 Å². The molecule has 6 heteroatoms. The Hall–Kier alpha value is -0.780. The second-order valence-electron chi connectivity index (χ2n) is 3.16. The third-order valence-electron chi connectivity index (χ3n) is 1.92. The highest BCUT2D eigenvalue weighted by atomic mass is 79.9. The minimum absolute atomic E-state index is 0.538. The fourth-order valence-electron chi connectivity index (χ4n) is 1.20. The Morgan fingerprint density at radius 3 is 2.94 bits per heavy atom. The fourth-order valence-corrected chi connectivity index (χ4v) is 2.86. The summed E-state index contributed by atoms with van der Waals surface area (Å²) < 4.78 is 1.11. The molecule has 0 amide bonds. The van der Waals surface area contributed by atoms with Crippen molar-refractivity contribution in [2.75, 3.05) is 11.1 Å². The number of rotatable bonds is 3. The number of hydrogen-bond donors (Lipinski definition) is 2. The second-order valence-corrected chi connectivity index (χ2v) is 6.11. The van der Waals surface area contributed by atoms with Gasteiger partial charge in [0.05, 0.1) is 27.2 Å². The van der Waals surface area contributed by atoms with Crippen molar-refractivity contribution in [2.24, 2.45) is 0 Å². The van der Waals surface area contributed by atoms with Crippen LogP contribution in [0.1, 0.15) is 4.88 Å². The molecule has 2 aromatic rings. The molecule has 3 N–H and O–H groups in total. The Kier molecular flexibility index (Phi) is 3.68. The Balaban J connectivity index is 2.04. The van der Waals surface area contributed by atoms with E-state index in [1.54, 1.807) is 23.6 Å². The number of anilines is 2. The van der Waals surface area contributed by atoms with E-state index in [1.807, 2.05) is 12.1 Å². The van der Waals surface area contributed by atoms with Crippen molar-refractivity contribution in [2.45, 2.75) is 6.54 Å². The maximum Gasteiger partial charge on any atom is 0.145 e. The van der Waals surface area contributed by atoms with Crippen molar-refractivity contribution < 1.29 is 0 Å². The van der Waals surface area contributed by atoms with Gasteiger partial charge in [0.2, 0.25) is 0 Å². The van der Waals surface area contributed by atoms with Crippen LogP contribution in [0.25, 0.3) is 0 Å². The zero-order valence-electron chi connectivity index (χ0n) is 8.21. The predicted molar refractivity (Wildman–Crippen MR) is 73.0 cm³/mol. The number of nitrogen functional groups attached to an aromatic ring is 1. The maximum atomic E-state index is 5.99. The van der Waals surface area contributed by atoms with Gasteiger partial charge in [0.1, 0.15) is 5.82 Å². The second kappa shape index (κ2) is 5.03. The molecule has 84 valence electrons. The molecule has 0 saturated carbocycles. The van der Waals surface area contributed by atoms with Gasteiger partial charge in [-0.15, -0.1) is 11.3 Å². The van der Waals surface area contributed by atoms with Gasteiger partial charge in [-0.2, -0.15) is 0 Å². The van der Waals surface area contributed by atoms with Crippen molar-refractivity contribution in [3.63, 3.8) is 0 Å². The molecule has 0 unspecified atom stereocenters. The molecule has 0 spiro atoms. The van der Waals surface area contributed by atoms with Crippen molar-refractivity contribution in [1.29, 1.82) is 0 Å². The number of nitrogens with zero attached hydrogens (tertiary/aromatic N) is 1. The molecule has 0 bridgehead atoms. The van der Waals surface area contributed by atoms with Gasteiger partial charge in [-0.1, -0.05) is 11.6 Å². The van der Waals surface area contributed by atoms with Gasteiger partial charge in [0, 0.05) is 4.88 Å². The third kappa shape index (κ3) is 2.87. The molecule has 2 aromatic heterocycles. The van der Waals surface area contributed by atoms with E-state index in [0.29, 0.717) is 23.1 Å². The molecular formula is C10H9BrClN3S. The van der Waals surface area contributed by atoms with E-state index >= 15 is 0 Å². The fraction of sp³-hybridized carbons (Fsp3) is 0.100. The summed E-state index contributed by atoms with van der Waals surface area (Å²) >= 11 is 11.1. The average molecular weight is 319 g/mol. The van der Waals surface area contributed by atoms with Gasteiger partial charge in [0.15, 0.2) is 0 Å². The highest BCUT2D eigenvalue weighted by Crippen LogP contribution is 2.25. The number of thiophene rings is 1. The summed E-state index contributed by atoms with van der Waals surface area (Å²) in [6.45, 7) is 0.701. The molecular weight excluding hydrogens is 310 g/mol. The SMILES string of the molecule is Nc1cnc(NCc2ccc(Br)s2)c(Cl)c1. The van der Waals surface area contributed by atoms with E-state index in [2.05, 4.69) is 26.2 Å². The first-order chi connectivity index (χ1) is 7.65. The summed E-state index contributed by atoms with van der Waals surface area (Å²) in [7, 11) is 0. The number of aromatic nitrogens is 1. The molecule has 2 heterocycles. The summed E-state index contributed by atoms with van der Waals surface area (Å²) in [6, 6.07) is 5.74. The lowest BCUT2D eigenvalue weighted by Gasteiger charge is -2.06. The Morgan fingerprint density at radius 2 is 2.31 bits per heavy atom. The van der Waals surface area contributed by atoms with Crippen LogP contribution < -0.4 is 11.1 Å². The quantitative estimate of drug-likeness (QED) is 0.906. The Labute approximate surface area is 111 Å². The number of nitrogens with one attached hydrogen (secondary N) is 1. The van der Waals surface area contributed by atoms with E-state index in [1.165, 1.54) is 4.88 Å². The number of hydrogen-bond acceptors (Lipinski definition) is 4. The lowest BCUT2D eigenvalue weighted by atomic mass is 10.4. The number of halogens is 2. The molecule has 3 nitrogen and oxygen atoms in total. The van der Waals surface area contributed by atoms with Crippen molar-refractivity contribution in [3.8, 4) is 0 Å². The normalized spacial score (nSPS) is 10.4. The van der Waals surface area contributed by atoms with Crippen molar-refractivity contribution in [3.05, 3.63) is 38.1 Å². The van der Waals surface area contributed by atoms with Crippen molar-refractivity contribution in [1.82, 2.24) is 4.98 Å². The summed E-state index contributed by atoms with van der Waals surface area (Å²) in [5.41, 5.74) is 6.12. The smallest absolute Gasteiger partial charge is 0.145 e. The standard InChI is InChI=1S/C10H9BrClN3S/c11-9-2-1-7(16-9)5-15-10-8(12)3-6(13)4-14-10/h1-4H,5,13H2,(H,14,15). The predicted octanol–water partition coefficient (Wildman–Crippen LogP) is 3.75. The highest BCUT2D eigenvalue weighted by molar-refractivity contribution is 9.11. The van der Waals surface area contributed by atoms with Gasteiger partial charge in [-0.25, -0.2) is 4.98 Å². The van der Waals surface area contributed by atoms with Gasteiger partial charge in [-0.05, 0) is 34.1 Å². The zero-order valence-corrected chi connectivity index (χ0v) is 11.4. The maximum absolute atomic E-state index is 5.99. The van der Waals surface area contributed by atoms with Gasteiger partial charge in [-0.3, -0.25) is 0 Å². The molecule has 0 aliphatic heterocycles. The van der Waals surface area contributed by atoms with Crippen LogP contribution in [-0.4, -0.2) is 4.98 Å². The van der Waals surface area contributed by atoms with E-state index < -0.39 is 0 Å². The van der Waals surface area contributed by atoms with E-state index in [4.69, 9.17) is 17.3 Å². The monoisotopic (exact) mass is 317 g/mol. The third-order valence-corrected chi connectivity index (χ3v) is 3.83. The van der Waals surface area contributed by atoms with Crippen LogP contribution in [0.15, 0.2) is 28.2 Å². The van der Waals surface area contributed by atoms with Crippen LogP contribution >= 0.6 is 38.9 Å². The van der Waals surface area contributed by atoms with Crippen LogP contribution in [0.3, 0.4) is 0 Å². The minimum Gasteiger partial charge on any atom is -0.397 e. The van der Waals surface area contributed by atoms with Crippen LogP contribution in [0, 0.1) is 0 Å². The first kappa shape index (κ1) is 11.7. The molecule has 0 aliphatic carbocycles. The molecule has 0 aromatic carbocycles. The van der Waals surface area contributed by atoms with Crippen molar-refractivity contribution >= 4 is 50.4 Å². The Morgan fingerprint density at radius 1 is 1.50 bits per heavy atom. The largest absolute Gasteiger partial charge is 0.397 e. The number of nitrogens with two attached hydrogens (primary N) is 1. The molecule has 0 saturated heterocycles. The summed E-state index contributed by atoms with van der Waals surface area (Å²) in [5, 5.41) is 3.70. The first-order valence-electron chi connectivity index (χ1n) is 4.54. The lowest BCUT2D eigenvalue weighted by Crippen LogP contribution is -2.01. The van der Waals surface area contributed by atoms with E-state index in [-0.39, 0.29) is 0 Å². The summed E-state index contributed by atoms with van der Waals surface area (Å²) in [5.74, 6) is 0.653. The van der Waals surface area contributed by atoms with Crippen LogP contribution in [0.4, 0.5) is 11.5 Å². The van der Waals surface area contributed by atoms with Crippen LogP contribution in [0.5, 0.6) is 0 Å². The summed E-state index contributed by atoms with van der Waals surface area (Å²) in [4.78, 5) is 5.33. The molecule has 0 aliphatic rings. The van der Waals surface area contributed by atoms with E-state index in [9.17, 15) is 0 Å². The van der Waals surface area contributed by atoms with Crippen LogP contribution in [-0.2, 0) is 6.54 Å². The average Bonchev–Trinajstić information content (AvgIpc) is 2.63. The van der Waals surface area contributed by atoms with Gasteiger partial charge >= 0.3 is 0 Å². The zero-order chi connectivity index (χ0) is 11.5. The van der Waals surface area contributed by atoms with Gasteiger partial charge in [0.25, 0.3) is 0 Å². The molecule has 0 atom stereocenters. The Bertz CT molecular complexity index is 501. The topological polar surface area (TPSA) is 50.9 Å². The van der Waals surface area contributed by atoms with Gasteiger partial charge < -0.3 is 11.1 Å². The lowest BCUT2D eigenvalue weighted by molar-refractivity contribution is 1.14. The molecule has 2 rings (SSSR count). The van der Waals surface area contributed by atoms with Crippen LogP contribution in [0.2, 0.25) is 5.02 Å².